The van der Waals surface area contributed by atoms with Gasteiger partial charge in [0.15, 0.2) is 0 Å². The third-order valence-electron chi connectivity index (χ3n) is 4.18. The van der Waals surface area contributed by atoms with E-state index in [2.05, 4.69) is 31.1 Å². The molecule has 19 heavy (non-hydrogen) atoms. The van der Waals surface area contributed by atoms with Gasteiger partial charge in [0.1, 0.15) is 0 Å². The second kappa shape index (κ2) is 7.22. The van der Waals surface area contributed by atoms with Crippen LogP contribution in [0.4, 0.5) is 0 Å². The van der Waals surface area contributed by atoms with Crippen molar-refractivity contribution >= 4 is 5.91 Å². The number of likely N-dealkylation sites (N-methyl/N-ethyl adjacent to an activating group) is 1. The molecule has 5 nitrogen and oxygen atoms in total. The molecule has 1 heterocycles. The minimum absolute atomic E-state index is 0.272. The molecule has 1 aliphatic heterocycles. The Morgan fingerprint density at radius 1 is 1.58 bits per heavy atom. The number of amides is 1. The van der Waals surface area contributed by atoms with Crippen LogP contribution in [0.15, 0.2) is 0 Å². The number of hydrogen-bond acceptors (Lipinski definition) is 4. The van der Waals surface area contributed by atoms with E-state index in [0.29, 0.717) is 6.04 Å². The van der Waals surface area contributed by atoms with Crippen molar-refractivity contribution in [3.05, 3.63) is 0 Å². The SMILES string of the molecule is CCCNC(C)(CCN(C)C1CCOC1C)C(N)=O. The van der Waals surface area contributed by atoms with Crippen molar-refractivity contribution in [1.82, 2.24) is 10.2 Å². The molecule has 1 fully saturated rings. The first-order valence-electron chi connectivity index (χ1n) is 7.27. The summed E-state index contributed by atoms with van der Waals surface area (Å²) in [6.45, 7) is 8.57. The first-order valence-corrected chi connectivity index (χ1v) is 7.27. The lowest BCUT2D eigenvalue weighted by molar-refractivity contribution is -0.124. The van der Waals surface area contributed by atoms with Crippen LogP contribution in [0.5, 0.6) is 0 Å². The number of primary amides is 1. The molecule has 5 heteroatoms. The molecule has 1 aliphatic rings. The topological polar surface area (TPSA) is 67.6 Å². The Hall–Kier alpha value is -0.650. The van der Waals surface area contributed by atoms with Crippen LogP contribution in [0.1, 0.15) is 40.0 Å². The predicted molar refractivity (Wildman–Crippen MR) is 77.0 cm³/mol. The van der Waals surface area contributed by atoms with Gasteiger partial charge in [-0.15, -0.1) is 0 Å². The summed E-state index contributed by atoms with van der Waals surface area (Å²) in [6, 6.07) is 0.448. The largest absolute Gasteiger partial charge is 0.377 e. The van der Waals surface area contributed by atoms with E-state index < -0.39 is 5.54 Å². The van der Waals surface area contributed by atoms with Crippen molar-refractivity contribution in [2.75, 3.05) is 26.7 Å². The van der Waals surface area contributed by atoms with Crippen LogP contribution in [0, 0.1) is 0 Å². The Morgan fingerprint density at radius 2 is 2.26 bits per heavy atom. The number of ether oxygens (including phenoxy) is 1. The lowest BCUT2D eigenvalue weighted by Crippen LogP contribution is -2.55. The normalized spacial score (nSPS) is 26.6. The lowest BCUT2D eigenvalue weighted by atomic mass is 9.95. The monoisotopic (exact) mass is 271 g/mol. The summed E-state index contributed by atoms with van der Waals surface area (Å²) in [5.41, 5.74) is 4.92. The Balaban J connectivity index is 2.49. The average Bonchev–Trinajstić information content (AvgIpc) is 2.79. The van der Waals surface area contributed by atoms with E-state index in [1.165, 1.54) is 0 Å². The van der Waals surface area contributed by atoms with E-state index in [-0.39, 0.29) is 12.0 Å². The third-order valence-corrected chi connectivity index (χ3v) is 4.18. The van der Waals surface area contributed by atoms with Gasteiger partial charge in [-0.25, -0.2) is 0 Å². The van der Waals surface area contributed by atoms with Gasteiger partial charge < -0.3 is 20.7 Å². The van der Waals surface area contributed by atoms with Crippen LogP contribution in [-0.2, 0) is 9.53 Å². The number of carbonyl (C=O) groups excluding carboxylic acids is 1. The van der Waals surface area contributed by atoms with E-state index in [0.717, 1.165) is 39.0 Å². The van der Waals surface area contributed by atoms with Gasteiger partial charge >= 0.3 is 0 Å². The number of carbonyl (C=O) groups is 1. The van der Waals surface area contributed by atoms with Crippen molar-refractivity contribution in [3.63, 3.8) is 0 Å². The Labute approximate surface area is 116 Å². The van der Waals surface area contributed by atoms with Gasteiger partial charge in [0, 0.05) is 19.2 Å². The molecule has 3 unspecified atom stereocenters. The van der Waals surface area contributed by atoms with E-state index in [1.807, 2.05) is 6.92 Å². The van der Waals surface area contributed by atoms with Crippen molar-refractivity contribution in [2.24, 2.45) is 5.73 Å². The zero-order chi connectivity index (χ0) is 14.5. The molecule has 3 atom stereocenters. The quantitative estimate of drug-likeness (QED) is 0.683. The van der Waals surface area contributed by atoms with Crippen LogP contribution in [0.2, 0.25) is 0 Å². The summed E-state index contributed by atoms with van der Waals surface area (Å²) in [7, 11) is 2.09. The second-order valence-corrected chi connectivity index (χ2v) is 5.79. The first-order chi connectivity index (χ1) is 8.90. The highest BCUT2D eigenvalue weighted by molar-refractivity contribution is 5.84. The maximum atomic E-state index is 11.6. The number of nitrogens with one attached hydrogen (secondary N) is 1. The average molecular weight is 271 g/mol. The highest BCUT2D eigenvalue weighted by Crippen LogP contribution is 2.20. The van der Waals surface area contributed by atoms with Crippen molar-refractivity contribution in [1.29, 1.82) is 0 Å². The molecule has 0 aromatic rings. The predicted octanol–water partition coefficient (Wildman–Crippen LogP) is 0.729. The summed E-state index contributed by atoms with van der Waals surface area (Å²) in [6.07, 6.45) is 3.05. The molecule has 3 N–H and O–H groups in total. The molecule has 1 amide bonds. The number of nitrogens with two attached hydrogens (primary N) is 1. The maximum absolute atomic E-state index is 11.6. The van der Waals surface area contributed by atoms with Gasteiger partial charge in [0.2, 0.25) is 5.91 Å². The third kappa shape index (κ3) is 4.44. The van der Waals surface area contributed by atoms with Crippen LogP contribution >= 0.6 is 0 Å². The molecule has 1 saturated heterocycles. The van der Waals surface area contributed by atoms with Gasteiger partial charge in [-0.1, -0.05) is 6.92 Å². The Bertz CT molecular complexity index is 298. The molecule has 0 aromatic heterocycles. The number of rotatable bonds is 8. The standard InChI is InChI=1S/C14H29N3O2/c1-5-8-16-14(3,13(15)18)7-9-17(4)12-6-10-19-11(12)2/h11-12,16H,5-10H2,1-4H3,(H2,15,18). The molecule has 112 valence electrons. The summed E-state index contributed by atoms with van der Waals surface area (Å²) in [4.78, 5) is 13.9. The first kappa shape index (κ1) is 16.4. The van der Waals surface area contributed by atoms with Crippen molar-refractivity contribution in [2.45, 2.75) is 57.7 Å². The van der Waals surface area contributed by atoms with E-state index in [9.17, 15) is 4.79 Å². The van der Waals surface area contributed by atoms with Gasteiger partial charge in [-0.3, -0.25) is 4.79 Å². The molecule has 0 bridgehead atoms. The maximum Gasteiger partial charge on any atom is 0.237 e. The van der Waals surface area contributed by atoms with E-state index in [4.69, 9.17) is 10.5 Å². The summed E-state index contributed by atoms with van der Waals surface area (Å²) >= 11 is 0. The van der Waals surface area contributed by atoms with Gasteiger partial charge in [0.05, 0.1) is 11.6 Å². The summed E-state index contributed by atoms with van der Waals surface area (Å²) < 4.78 is 5.58. The minimum atomic E-state index is -0.618. The molecule has 1 rings (SSSR count). The zero-order valence-corrected chi connectivity index (χ0v) is 12.7. The van der Waals surface area contributed by atoms with Gasteiger partial charge in [-0.05, 0) is 46.7 Å². The Kier molecular flexibility index (Phi) is 6.23. The fraction of sp³-hybridized carbons (Fsp3) is 0.929. The summed E-state index contributed by atoms with van der Waals surface area (Å²) in [5.74, 6) is -0.273. The fourth-order valence-electron chi connectivity index (χ4n) is 2.56. The summed E-state index contributed by atoms with van der Waals surface area (Å²) in [5, 5.41) is 3.27. The van der Waals surface area contributed by atoms with Gasteiger partial charge in [0.25, 0.3) is 0 Å². The van der Waals surface area contributed by atoms with E-state index >= 15 is 0 Å². The van der Waals surface area contributed by atoms with Crippen LogP contribution in [0.25, 0.3) is 0 Å². The molecular formula is C14H29N3O2. The molecular weight excluding hydrogens is 242 g/mol. The number of hydrogen-bond donors (Lipinski definition) is 2. The lowest BCUT2D eigenvalue weighted by Gasteiger charge is -2.32. The second-order valence-electron chi connectivity index (χ2n) is 5.79. The molecule has 0 radical (unpaired) electrons. The molecule has 0 aromatic carbocycles. The fourth-order valence-corrected chi connectivity index (χ4v) is 2.56. The zero-order valence-electron chi connectivity index (χ0n) is 12.7. The molecule has 0 saturated carbocycles. The molecule has 0 aliphatic carbocycles. The van der Waals surface area contributed by atoms with Crippen molar-refractivity contribution < 1.29 is 9.53 Å². The molecule has 0 spiro atoms. The van der Waals surface area contributed by atoms with E-state index in [1.54, 1.807) is 0 Å². The number of nitrogens with zero attached hydrogens (tertiary/aromatic N) is 1. The van der Waals surface area contributed by atoms with Crippen LogP contribution in [-0.4, -0.2) is 55.2 Å². The minimum Gasteiger partial charge on any atom is -0.377 e. The van der Waals surface area contributed by atoms with Crippen LogP contribution < -0.4 is 11.1 Å². The van der Waals surface area contributed by atoms with Gasteiger partial charge in [-0.2, -0.15) is 0 Å². The smallest absolute Gasteiger partial charge is 0.237 e. The highest BCUT2D eigenvalue weighted by Gasteiger charge is 2.33. The Morgan fingerprint density at radius 3 is 2.74 bits per heavy atom. The highest BCUT2D eigenvalue weighted by atomic mass is 16.5. The van der Waals surface area contributed by atoms with Crippen molar-refractivity contribution in [3.8, 4) is 0 Å². The van der Waals surface area contributed by atoms with Crippen LogP contribution in [0.3, 0.4) is 0 Å².